The Balaban J connectivity index is 1.31. The van der Waals surface area contributed by atoms with Crippen LogP contribution in [0.4, 0.5) is 11.6 Å². The van der Waals surface area contributed by atoms with Crippen molar-refractivity contribution >= 4 is 35.4 Å². The van der Waals surface area contributed by atoms with Crippen LogP contribution in [0.15, 0.2) is 36.7 Å². The van der Waals surface area contributed by atoms with Crippen molar-refractivity contribution < 1.29 is 9.84 Å². The van der Waals surface area contributed by atoms with Crippen molar-refractivity contribution in [1.29, 1.82) is 0 Å². The lowest BCUT2D eigenvalue weighted by Gasteiger charge is -2.42. The molecule has 5 N–H and O–H groups in total. The van der Waals surface area contributed by atoms with E-state index in [-0.39, 0.29) is 23.9 Å². The van der Waals surface area contributed by atoms with Crippen LogP contribution >= 0.6 is 11.6 Å². The van der Waals surface area contributed by atoms with Crippen LogP contribution in [-0.4, -0.2) is 40.3 Å². The van der Waals surface area contributed by atoms with Crippen molar-refractivity contribution in [2.45, 2.75) is 31.9 Å². The van der Waals surface area contributed by atoms with Crippen molar-refractivity contribution in [3.63, 3.8) is 0 Å². The third-order valence-corrected chi connectivity index (χ3v) is 7.73. The molecule has 2 aromatic heterocycles. The standard InChI is InChI=1S/C26H29ClN6O2/c1-35-19-5-3-17-13-26(23(28)20(17)12-19)7-10-33(11-8-26)25-21(15-34)32-18(14-31-25)4-2-16-6-9-30-24(29)22(16)27/h2-6,9,12,14,23,34H,7-8,10-11,13,15,28H2,1H3,(H2,29,30)/b4-2-/t23-/m1/s1. The van der Waals surface area contributed by atoms with Gasteiger partial charge in [0.05, 0.1) is 30.6 Å². The molecule has 5 rings (SSSR count). The lowest BCUT2D eigenvalue weighted by Crippen LogP contribution is -2.45. The van der Waals surface area contributed by atoms with Gasteiger partial charge in [-0.1, -0.05) is 23.7 Å². The number of aliphatic hydroxyl groups excluding tert-OH is 1. The van der Waals surface area contributed by atoms with Gasteiger partial charge in [0.25, 0.3) is 0 Å². The number of fused-ring (bicyclic) bond motifs is 1. The number of rotatable bonds is 5. The fourth-order valence-corrected chi connectivity index (χ4v) is 5.46. The molecule has 0 radical (unpaired) electrons. The molecule has 3 heterocycles. The highest BCUT2D eigenvalue weighted by Crippen LogP contribution is 2.51. The van der Waals surface area contributed by atoms with Crippen molar-refractivity contribution in [2.75, 3.05) is 30.8 Å². The molecule has 0 amide bonds. The second-order valence-electron chi connectivity index (χ2n) is 9.22. The molecule has 182 valence electrons. The first-order valence-electron chi connectivity index (χ1n) is 11.7. The van der Waals surface area contributed by atoms with Crippen LogP contribution in [0.3, 0.4) is 0 Å². The molecule has 1 atom stereocenters. The van der Waals surface area contributed by atoms with Gasteiger partial charge in [-0.15, -0.1) is 0 Å². The number of ether oxygens (including phenoxy) is 1. The van der Waals surface area contributed by atoms with Gasteiger partial charge in [0.1, 0.15) is 17.3 Å². The minimum atomic E-state index is -0.195. The maximum Gasteiger partial charge on any atom is 0.152 e. The Kier molecular flexibility index (Phi) is 6.35. The predicted molar refractivity (Wildman–Crippen MR) is 138 cm³/mol. The third-order valence-electron chi connectivity index (χ3n) is 7.32. The maximum atomic E-state index is 10.0. The Labute approximate surface area is 209 Å². The number of hydrogen-bond acceptors (Lipinski definition) is 8. The van der Waals surface area contributed by atoms with Crippen LogP contribution in [0.5, 0.6) is 5.75 Å². The summed E-state index contributed by atoms with van der Waals surface area (Å²) in [4.78, 5) is 15.4. The summed E-state index contributed by atoms with van der Waals surface area (Å²) < 4.78 is 5.40. The van der Waals surface area contributed by atoms with Crippen LogP contribution in [0.25, 0.3) is 12.2 Å². The average Bonchev–Trinajstić information content (AvgIpc) is 3.15. The highest BCUT2D eigenvalue weighted by atomic mass is 35.5. The van der Waals surface area contributed by atoms with Crippen molar-refractivity contribution in [3.8, 4) is 5.75 Å². The molecule has 3 aromatic rings. The number of nitrogens with zero attached hydrogens (tertiary/aromatic N) is 4. The monoisotopic (exact) mass is 492 g/mol. The zero-order chi connectivity index (χ0) is 24.6. The normalized spacial score (nSPS) is 18.9. The van der Waals surface area contributed by atoms with E-state index in [1.807, 2.05) is 12.1 Å². The number of aliphatic hydroxyl groups is 1. The van der Waals surface area contributed by atoms with Gasteiger partial charge < -0.3 is 26.2 Å². The van der Waals surface area contributed by atoms with E-state index in [9.17, 15) is 5.11 Å². The van der Waals surface area contributed by atoms with Gasteiger partial charge in [-0.25, -0.2) is 15.0 Å². The van der Waals surface area contributed by atoms with E-state index in [0.29, 0.717) is 16.4 Å². The summed E-state index contributed by atoms with van der Waals surface area (Å²) in [5, 5.41) is 10.4. The molecule has 2 aliphatic rings. The smallest absolute Gasteiger partial charge is 0.152 e. The van der Waals surface area contributed by atoms with Crippen LogP contribution < -0.4 is 21.1 Å². The second kappa shape index (κ2) is 9.45. The van der Waals surface area contributed by atoms with Gasteiger partial charge in [0, 0.05) is 25.3 Å². The maximum absolute atomic E-state index is 10.0. The summed E-state index contributed by atoms with van der Waals surface area (Å²) in [7, 11) is 1.68. The Bertz CT molecular complexity index is 1270. The fraction of sp³-hybridized carbons (Fsp3) is 0.346. The summed E-state index contributed by atoms with van der Waals surface area (Å²) in [6.45, 7) is 1.42. The zero-order valence-corrected chi connectivity index (χ0v) is 20.4. The summed E-state index contributed by atoms with van der Waals surface area (Å²) in [5.74, 6) is 1.84. The molecule has 0 saturated carbocycles. The summed E-state index contributed by atoms with van der Waals surface area (Å²) in [6, 6.07) is 7.99. The SMILES string of the molecule is COc1ccc2c(c1)[C@@H](N)C1(CCN(c3ncc(/C=C\c4ccnc(N)c4Cl)nc3CO)CC1)C2. The third kappa shape index (κ3) is 4.33. The van der Waals surface area contributed by atoms with E-state index < -0.39 is 0 Å². The predicted octanol–water partition coefficient (Wildman–Crippen LogP) is 3.62. The Morgan fingerprint density at radius 2 is 2.03 bits per heavy atom. The van der Waals surface area contributed by atoms with Crippen LogP contribution in [0.2, 0.25) is 5.02 Å². The largest absolute Gasteiger partial charge is 0.497 e. The first kappa shape index (κ1) is 23.5. The number of anilines is 2. The molecule has 1 aliphatic carbocycles. The quantitative estimate of drug-likeness (QED) is 0.493. The Morgan fingerprint density at radius 3 is 2.77 bits per heavy atom. The minimum absolute atomic E-state index is 0.0142. The molecule has 8 nitrogen and oxygen atoms in total. The number of piperidine rings is 1. The molecule has 1 aliphatic heterocycles. The summed E-state index contributed by atoms with van der Waals surface area (Å²) in [6.07, 6.45) is 9.78. The van der Waals surface area contributed by atoms with E-state index in [1.54, 1.807) is 31.6 Å². The molecule has 1 spiro atoms. The topological polar surface area (TPSA) is 123 Å². The van der Waals surface area contributed by atoms with Gasteiger partial charge in [-0.3, -0.25) is 0 Å². The number of hydrogen-bond donors (Lipinski definition) is 3. The van der Waals surface area contributed by atoms with E-state index >= 15 is 0 Å². The molecular weight excluding hydrogens is 464 g/mol. The van der Waals surface area contributed by atoms with Crippen molar-refractivity contribution in [3.05, 3.63) is 69.8 Å². The molecule has 35 heavy (non-hydrogen) atoms. The van der Waals surface area contributed by atoms with Crippen molar-refractivity contribution in [1.82, 2.24) is 15.0 Å². The van der Waals surface area contributed by atoms with E-state index in [1.165, 1.54) is 11.1 Å². The van der Waals surface area contributed by atoms with Gasteiger partial charge >= 0.3 is 0 Å². The highest BCUT2D eigenvalue weighted by molar-refractivity contribution is 6.34. The Hall–Kier alpha value is -3.20. The summed E-state index contributed by atoms with van der Waals surface area (Å²) >= 11 is 6.21. The van der Waals surface area contributed by atoms with Gasteiger partial charge in [0.15, 0.2) is 5.82 Å². The number of nitrogens with two attached hydrogens (primary N) is 2. The van der Waals surface area contributed by atoms with Gasteiger partial charge in [-0.2, -0.15) is 0 Å². The molecule has 1 aromatic carbocycles. The van der Waals surface area contributed by atoms with E-state index in [4.69, 9.17) is 27.8 Å². The first-order valence-corrected chi connectivity index (χ1v) is 12.0. The number of pyridine rings is 1. The van der Waals surface area contributed by atoms with Crippen LogP contribution in [0, 0.1) is 5.41 Å². The molecular formula is C26H29ClN6O2. The number of benzene rings is 1. The molecule has 0 bridgehead atoms. The second-order valence-corrected chi connectivity index (χ2v) is 9.60. The fourth-order valence-electron chi connectivity index (χ4n) is 5.29. The molecule has 1 fully saturated rings. The lowest BCUT2D eigenvalue weighted by molar-refractivity contribution is 0.186. The first-order chi connectivity index (χ1) is 16.9. The summed E-state index contributed by atoms with van der Waals surface area (Å²) in [5.41, 5.74) is 17.0. The number of aromatic nitrogens is 3. The van der Waals surface area contributed by atoms with Crippen molar-refractivity contribution in [2.24, 2.45) is 11.1 Å². The van der Waals surface area contributed by atoms with Gasteiger partial charge in [-0.05, 0) is 65.6 Å². The Morgan fingerprint density at radius 1 is 1.23 bits per heavy atom. The number of halogens is 1. The molecule has 9 heteroatoms. The van der Waals surface area contributed by atoms with Crippen LogP contribution in [-0.2, 0) is 13.0 Å². The lowest BCUT2D eigenvalue weighted by atomic mass is 9.73. The average molecular weight is 493 g/mol. The zero-order valence-electron chi connectivity index (χ0n) is 19.6. The highest BCUT2D eigenvalue weighted by Gasteiger charge is 2.46. The minimum Gasteiger partial charge on any atom is -0.497 e. The number of methoxy groups -OCH3 is 1. The van der Waals surface area contributed by atoms with Crippen LogP contribution in [0.1, 0.15) is 47.0 Å². The molecule has 1 saturated heterocycles. The van der Waals surface area contributed by atoms with E-state index in [2.05, 4.69) is 32.0 Å². The van der Waals surface area contributed by atoms with Gasteiger partial charge in [0.2, 0.25) is 0 Å². The van der Waals surface area contributed by atoms with E-state index in [0.717, 1.165) is 49.5 Å². The number of nitrogen functional groups attached to an aromatic ring is 1. The molecule has 0 unspecified atom stereocenters.